The highest BCUT2D eigenvalue weighted by molar-refractivity contribution is 6.37. The molecule has 0 aliphatic carbocycles. The molecule has 0 aromatic heterocycles. The standard InChI is InChI=1S/C18H23Cl2F2NO3/c1-13(2)23-26-9-6-4-3-5-8-25-18-15(19)11-14(12-16(18)20)24-10-7-17(21)22/h7,11-12H,3-6,8-10H2,1-2H3. The van der Waals surface area contributed by atoms with Gasteiger partial charge in [0, 0.05) is 18.2 Å². The number of hydrogen-bond acceptors (Lipinski definition) is 4. The Kier molecular flexibility index (Phi) is 11.1. The number of hydrogen-bond donors (Lipinski definition) is 0. The zero-order valence-corrected chi connectivity index (χ0v) is 16.4. The first-order chi connectivity index (χ1) is 12.4. The highest BCUT2D eigenvalue weighted by Crippen LogP contribution is 2.37. The second-order valence-corrected chi connectivity index (χ2v) is 6.47. The largest absolute Gasteiger partial charge is 0.490 e. The van der Waals surface area contributed by atoms with Crippen molar-refractivity contribution in [3.8, 4) is 11.5 Å². The van der Waals surface area contributed by atoms with Gasteiger partial charge in [-0.05, 0) is 39.5 Å². The molecule has 1 aromatic rings. The van der Waals surface area contributed by atoms with Crippen molar-refractivity contribution in [2.45, 2.75) is 39.5 Å². The number of unbranched alkanes of at least 4 members (excludes halogenated alkanes) is 3. The first-order valence-corrected chi connectivity index (χ1v) is 9.04. The van der Waals surface area contributed by atoms with E-state index in [1.807, 2.05) is 13.8 Å². The molecule has 0 N–H and O–H groups in total. The van der Waals surface area contributed by atoms with Gasteiger partial charge in [0.15, 0.2) is 5.75 Å². The lowest BCUT2D eigenvalue weighted by atomic mass is 10.2. The Morgan fingerprint density at radius 2 is 1.62 bits per heavy atom. The molecule has 1 aromatic carbocycles. The Balaban J connectivity index is 2.30. The topological polar surface area (TPSA) is 40.0 Å². The molecule has 8 heteroatoms. The Hall–Kier alpha value is -1.53. The van der Waals surface area contributed by atoms with E-state index in [4.69, 9.17) is 37.5 Å². The highest BCUT2D eigenvalue weighted by Gasteiger charge is 2.10. The summed E-state index contributed by atoms with van der Waals surface area (Å²) in [5.41, 5.74) is 0.898. The molecule has 0 radical (unpaired) electrons. The van der Waals surface area contributed by atoms with E-state index in [0.29, 0.717) is 30.8 Å². The molecule has 0 fully saturated rings. The molecule has 26 heavy (non-hydrogen) atoms. The van der Waals surface area contributed by atoms with Crippen LogP contribution in [0.5, 0.6) is 11.5 Å². The van der Waals surface area contributed by atoms with Gasteiger partial charge in [0.1, 0.15) is 19.0 Å². The number of halogens is 4. The molecule has 4 nitrogen and oxygen atoms in total. The van der Waals surface area contributed by atoms with Gasteiger partial charge >= 0.3 is 0 Å². The Bertz CT molecular complexity index is 593. The van der Waals surface area contributed by atoms with E-state index in [0.717, 1.165) is 31.4 Å². The molecule has 0 amide bonds. The van der Waals surface area contributed by atoms with Crippen LogP contribution in [-0.4, -0.2) is 25.5 Å². The average Bonchev–Trinajstić information content (AvgIpc) is 2.54. The van der Waals surface area contributed by atoms with E-state index in [2.05, 4.69) is 5.16 Å². The van der Waals surface area contributed by atoms with Crippen molar-refractivity contribution in [3.63, 3.8) is 0 Å². The fourth-order valence-electron chi connectivity index (χ4n) is 1.93. The van der Waals surface area contributed by atoms with E-state index in [1.54, 1.807) is 0 Å². The van der Waals surface area contributed by atoms with Gasteiger partial charge in [-0.15, -0.1) is 0 Å². The molecule has 0 aliphatic rings. The van der Waals surface area contributed by atoms with E-state index in [-0.39, 0.29) is 16.7 Å². The van der Waals surface area contributed by atoms with E-state index in [9.17, 15) is 8.78 Å². The minimum absolute atomic E-state index is 0.262. The maximum absolute atomic E-state index is 12.0. The summed E-state index contributed by atoms with van der Waals surface area (Å²) >= 11 is 12.2. The zero-order valence-electron chi connectivity index (χ0n) is 14.9. The van der Waals surface area contributed by atoms with Crippen molar-refractivity contribution < 1.29 is 23.1 Å². The molecular weight excluding hydrogens is 387 g/mol. The minimum atomic E-state index is -1.80. The van der Waals surface area contributed by atoms with Crippen molar-refractivity contribution >= 4 is 28.9 Å². The van der Waals surface area contributed by atoms with Crippen molar-refractivity contribution in [1.82, 2.24) is 0 Å². The molecule has 0 spiro atoms. The average molecular weight is 410 g/mol. The lowest BCUT2D eigenvalue weighted by molar-refractivity contribution is 0.139. The van der Waals surface area contributed by atoms with Gasteiger partial charge in [0.2, 0.25) is 0 Å². The van der Waals surface area contributed by atoms with Crippen LogP contribution in [-0.2, 0) is 4.84 Å². The van der Waals surface area contributed by atoms with Gasteiger partial charge in [-0.3, -0.25) is 0 Å². The summed E-state index contributed by atoms with van der Waals surface area (Å²) in [6, 6.07) is 2.97. The van der Waals surface area contributed by atoms with Gasteiger partial charge in [0.05, 0.1) is 22.4 Å². The molecule has 0 bridgehead atoms. The van der Waals surface area contributed by atoms with Crippen molar-refractivity contribution in [3.05, 3.63) is 34.3 Å². The minimum Gasteiger partial charge on any atom is -0.490 e. The molecule has 0 atom stereocenters. The smallest absolute Gasteiger partial charge is 0.269 e. The SMILES string of the molecule is CC(C)=NOCCCCCCOc1c(Cl)cc(OCC=C(F)F)cc1Cl. The van der Waals surface area contributed by atoms with Crippen molar-refractivity contribution in [2.75, 3.05) is 19.8 Å². The molecule has 0 unspecified atom stereocenters. The molecule has 0 saturated carbocycles. The summed E-state index contributed by atoms with van der Waals surface area (Å²) in [4.78, 5) is 5.12. The molecule has 0 aliphatic heterocycles. The molecule has 0 saturated heterocycles. The molecule has 1 rings (SSSR count). The number of nitrogens with zero attached hydrogens (tertiary/aromatic N) is 1. The summed E-state index contributed by atoms with van der Waals surface area (Å²) in [5, 5.41) is 4.42. The fraction of sp³-hybridized carbons (Fsp3) is 0.500. The third kappa shape index (κ3) is 9.82. The van der Waals surface area contributed by atoms with Crippen LogP contribution in [0.15, 0.2) is 29.4 Å². The zero-order chi connectivity index (χ0) is 19.4. The summed E-state index contributed by atoms with van der Waals surface area (Å²) < 4.78 is 34.7. The van der Waals surface area contributed by atoms with Crippen LogP contribution < -0.4 is 9.47 Å². The van der Waals surface area contributed by atoms with Crippen LogP contribution in [0.2, 0.25) is 10.0 Å². The Morgan fingerprint density at radius 1 is 1.00 bits per heavy atom. The third-order valence-electron chi connectivity index (χ3n) is 3.08. The highest BCUT2D eigenvalue weighted by atomic mass is 35.5. The van der Waals surface area contributed by atoms with E-state index in [1.165, 1.54) is 12.1 Å². The van der Waals surface area contributed by atoms with E-state index < -0.39 is 6.08 Å². The van der Waals surface area contributed by atoms with Crippen molar-refractivity contribution in [1.29, 1.82) is 0 Å². The maximum Gasteiger partial charge on any atom is 0.269 e. The Labute approximate surface area is 162 Å². The lowest BCUT2D eigenvalue weighted by Gasteiger charge is -2.12. The first-order valence-electron chi connectivity index (χ1n) is 8.29. The second-order valence-electron chi connectivity index (χ2n) is 5.66. The molecule has 0 heterocycles. The summed E-state index contributed by atoms with van der Waals surface area (Å²) in [6.07, 6.45) is 2.62. The monoisotopic (exact) mass is 409 g/mol. The second kappa shape index (κ2) is 12.8. The third-order valence-corrected chi connectivity index (χ3v) is 3.64. The molecule has 146 valence electrons. The van der Waals surface area contributed by atoms with Gasteiger partial charge < -0.3 is 14.3 Å². The van der Waals surface area contributed by atoms with Crippen LogP contribution in [0.3, 0.4) is 0 Å². The number of benzene rings is 1. The number of ether oxygens (including phenoxy) is 2. The quantitative estimate of drug-likeness (QED) is 0.224. The van der Waals surface area contributed by atoms with Gasteiger partial charge in [-0.1, -0.05) is 28.4 Å². The summed E-state index contributed by atoms with van der Waals surface area (Å²) in [7, 11) is 0. The summed E-state index contributed by atoms with van der Waals surface area (Å²) in [6.45, 7) is 4.58. The number of rotatable bonds is 12. The first kappa shape index (κ1) is 22.5. The normalized spacial score (nSPS) is 10.2. The van der Waals surface area contributed by atoms with Gasteiger partial charge in [-0.25, -0.2) is 0 Å². The lowest BCUT2D eigenvalue weighted by Crippen LogP contribution is -2.00. The molecular formula is C18H23Cl2F2NO3. The van der Waals surface area contributed by atoms with Crippen LogP contribution in [0.1, 0.15) is 39.5 Å². The van der Waals surface area contributed by atoms with Gasteiger partial charge in [-0.2, -0.15) is 8.78 Å². The maximum atomic E-state index is 12.0. The van der Waals surface area contributed by atoms with Crippen LogP contribution in [0.25, 0.3) is 0 Å². The van der Waals surface area contributed by atoms with Gasteiger partial charge in [0.25, 0.3) is 6.08 Å². The van der Waals surface area contributed by atoms with E-state index >= 15 is 0 Å². The summed E-state index contributed by atoms with van der Waals surface area (Å²) in [5.74, 6) is 0.666. The van der Waals surface area contributed by atoms with Crippen LogP contribution >= 0.6 is 23.2 Å². The van der Waals surface area contributed by atoms with Crippen LogP contribution in [0.4, 0.5) is 8.78 Å². The van der Waals surface area contributed by atoms with Crippen molar-refractivity contribution in [2.24, 2.45) is 5.16 Å². The predicted molar refractivity (Wildman–Crippen MR) is 101 cm³/mol. The predicted octanol–water partition coefficient (Wildman–Crippen LogP) is 6.50. The number of oxime groups is 1. The Morgan fingerprint density at radius 3 is 2.19 bits per heavy atom. The van der Waals surface area contributed by atoms with Crippen LogP contribution in [0, 0.1) is 0 Å². The fourth-order valence-corrected chi connectivity index (χ4v) is 2.51.